The lowest BCUT2D eigenvalue weighted by molar-refractivity contribution is 0.583. The van der Waals surface area contributed by atoms with E-state index in [4.69, 9.17) is 0 Å². The van der Waals surface area contributed by atoms with Crippen LogP contribution in [0.5, 0.6) is 0 Å². The fourth-order valence-electron chi connectivity index (χ4n) is 1.68. The van der Waals surface area contributed by atoms with Crippen molar-refractivity contribution in [2.24, 2.45) is 0 Å². The summed E-state index contributed by atoms with van der Waals surface area (Å²) in [6, 6.07) is 0. The highest BCUT2D eigenvalue weighted by molar-refractivity contribution is 7.09. The van der Waals surface area contributed by atoms with E-state index in [0.717, 1.165) is 29.9 Å². The van der Waals surface area contributed by atoms with Gasteiger partial charge in [0.25, 0.3) is 0 Å². The number of nitrogens with zero attached hydrogens (tertiary/aromatic N) is 3. The molecule has 0 spiro atoms. The lowest BCUT2D eigenvalue weighted by Crippen LogP contribution is -2.12. The van der Waals surface area contributed by atoms with Gasteiger partial charge in [-0.3, -0.25) is 0 Å². The minimum absolute atomic E-state index is 0.132. The molecule has 0 fully saturated rings. The molecule has 0 saturated carbocycles. The maximum Gasteiger partial charge on any atom is 0.222 e. The molecule has 0 aliphatic carbocycles. The molecule has 20 heavy (non-hydrogen) atoms. The summed E-state index contributed by atoms with van der Waals surface area (Å²) in [5.74, 6) is 0.694. The van der Waals surface area contributed by atoms with Crippen LogP contribution in [0.4, 0.5) is 5.95 Å². The SMILES string of the molecule is Cc1cnc(NCCc2csc(C(C)(C)C)n2)nc1C. The van der Waals surface area contributed by atoms with Crippen LogP contribution in [0.3, 0.4) is 0 Å². The van der Waals surface area contributed by atoms with E-state index >= 15 is 0 Å². The summed E-state index contributed by atoms with van der Waals surface area (Å²) in [5, 5.41) is 6.58. The summed E-state index contributed by atoms with van der Waals surface area (Å²) >= 11 is 1.74. The lowest BCUT2D eigenvalue weighted by atomic mass is 9.98. The average Bonchev–Trinajstić information content (AvgIpc) is 2.82. The smallest absolute Gasteiger partial charge is 0.222 e. The minimum atomic E-state index is 0.132. The Morgan fingerprint density at radius 2 is 1.95 bits per heavy atom. The molecule has 4 nitrogen and oxygen atoms in total. The molecule has 1 N–H and O–H groups in total. The quantitative estimate of drug-likeness (QED) is 0.936. The van der Waals surface area contributed by atoms with Crippen molar-refractivity contribution in [3.8, 4) is 0 Å². The number of hydrogen-bond donors (Lipinski definition) is 1. The van der Waals surface area contributed by atoms with Crippen LogP contribution in [-0.2, 0) is 11.8 Å². The highest BCUT2D eigenvalue weighted by Gasteiger charge is 2.17. The van der Waals surface area contributed by atoms with Crippen molar-refractivity contribution in [1.82, 2.24) is 15.0 Å². The first-order valence-corrected chi connectivity index (χ1v) is 7.73. The summed E-state index contributed by atoms with van der Waals surface area (Å²) in [5.41, 5.74) is 3.40. The monoisotopic (exact) mass is 290 g/mol. The van der Waals surface area contributed by atoms with Gasteiger partial charge in [0.1, 0.15) is 0 Å². The van der Waals surface area contributed by atoms with Crippen molar-refractivity contribution in [3.63, 3.8) is 0 Å². The van der Waals surface area contributed by atoms with Crippen LogP contribution < -0.4 is 5.32 Å². The van der Waals surface area contributed by atoms with E-state index in [0.29, 0.717) is 5.95 Å². The molecule has 2 aromatic heterocycles. The summed E-state index contributed by atoms with van der Waals surface area (Å²) in [6.07, 6.45) is 2.74. The van der Waals surface area contributed by atoms with Gasteiger partial charge in [-0.25, -0.2) is 15.0 Å². The Bertz CT molecular complexity index is 584. The van der Waals surface area contributed by atoms with E-state index in [1.165, 1.54) is 5.01 Å². The maximum atomic E-state index is 4.68. The minimum Gasteiger partial charge on any atom is -0.354 e. The Hall–Kier alpha value is -1.49. The van der Waals surface area contributed by atoms with Crippen LogP contribution in [0, 0.1) is 13.8 Å². The van der Waals surface area contributed by atoms with Crippen LogP contribution >= 0.6 is 11.3 Å². The van der Waals surface area contributed by atoms with Crippen molar-refractivity contribution in [1.29, 1.82) is 0 Å². The molecule has 0 aromatic carbocycles. The van der Waals surface area contributed by atoms with E-state index in [-0.39, 0.29) is 5.41 Å². The van der Waals surface area contributed by atoms with Crippen LogP contribution in [0.25, 0.3) is 0 Å². The average molecular weight is 290 g/mol. The molecular weight excluding hydrogens is 268 g/mol. The van der Waals surface area contributed by atoms with Gasteiger partial charge >= 0.3 is 0 Å². The number of aromatic nitrogens is 3. The number of rotatable bonds is 4. The molecule has 2 aromatic rings. The third-order valence-corrected chi connectivity index (χ3v) is 4.40. The molecule has 0 atom stereocenters. The highest BCUT2D eigenvalue weighted by atomic mass is 32.1. The van der Waals surface area contributed by atoms with Gasteiger partial charge in [0.05, 0.1) is 10.7 Å². The fraction of sp³-hybridized carbons (Fsp3) is 0.533. The van der Waals surface area contributed by atoms with E-state index in [9.17, 15) is 0 Å². The normalized spacial score (nSPS) is 11.7. The molecule has 0 aliphatic rings. The number of hydrogen-bond acceptors (Lipinski definition) is 5. The molecule has 2 heterocycles. The van der Waals surface area contributed by atoms with E-state index in [1.807, 2.05) is 20.0 Å². The first-order valence-electron chi connectivity index (χ1n) is 6.85. The lowest BCUT2D eigenvalue weighted by Gasteiger charge is -2.13. The fourth-order valence-corrected chi connectivity index (χ4v) is 2.62. The Kier molecular flexibility index (Phi) is 4.38. The molecule has 0 radical (unpaired) electrons. The zero-order valence-corrected chi connectivity index (χ0v) is 13.6. The standard InChI is InChI=1S/C15H22N4S/c1-10-8-17-14(18-11(10)2)16-7-6-12-9-20-13(19-12)15(3,4)5/h8-9H,6-7H2,1-5H3,(H,16,17,18). The second-order valence-corrected chi connectivity index (χ2v) is 6.89. The third kappa shape index (κ3) is 3.76. The predicted molar refractivity (Wildman–Crippen MR) is 84.5 cm³/mol. The zero-order valence-electron chi connectivity index (χ0n) is 12.8. The molecular formula is C15H22N4S. The molecule has 0 aliphatic heterocycles. The largest absolute Gasteiger partial charge is 0.354 e. The predicted octanol–water partition coefficient (Wildman–Crippen LogP) is 3.50. The molecule has 0 bridgehead atoms. The van der Waals surface area contributed by atoms with Gasteiger partial charge in [0, 0.05) is 35.7 Å². The van der Waals surface area contributed by atoms with Crippen molar-refractivity contribution >= 4 is 17.3 Å². The van der Waals surface area contributed by atoms with Gasteiger partial charge in [-0.05, 0) is 19.4 Å². The van der Waals surface area contributed by atoms with Crippen molar-refractivity contribution in [3.05, 3.63) is 33.5 Å². The zero-order chi connectivity index (χ0) is 14.8. The van der Waals surface area contributed by atoms with Crippen LogP contribution in [0.1, 0.15) is 42.7 Å². The summed E-state index contributed by atoms with van der Waals surface area (Å²) in [4.78, 5) is 13.4. The number of thiazole rings is 1. The van der Waals surface area contributed by atoms with Crippen molar-refractivity contribution < 1.29 is 0 Å². The second-order valence-electron chi connectivity index (χ2n) is 6.03. The van der Waals surface area contributed by atoms with Crippen LogP contribution in [0.2, 0.25) is 0 Å². The summed E-state index contributed by atoms with van der Waals surface area (Å²) in [6.45, 7) is 11.4. The number of anilines is 1. The molecule has 0 unspecified atom stereocenters. The second kappa shape index (κ2) is 5.87. The topological polar surface area (TPSA) is 50.7 Å². The van der Waals surface area contributed by atoms with Gasteiger partial charge in [-0.1, -0.05) is 20.8 Å². The molecule has 0 amide bonds. The van der Waals surface area contributed by atoms with Crippen LogP contribution in [-0.4, -0.2) is 21.5 Å². The van der Waals surface area contributed by atoms with Gasteiger partial charge < -0.3 is 5.32 Å². The summed E-state index contributed by atoms with van der Waals surface area (Å²) in [7, 11) is 0. The van der Waals surface area contributed by atoms with Gasteiger partial charge in [-0.15, -0.1) is 11.3 Å². The Labute approximate surface area is 124 Å². The van der Waals surface area contributed by atoms with Crippen molar-refractivity contribution in [2.75, 3.05) is 11.9 Å². The molecule has 108 valence electrons. The Morgan fingerprint density at radius 1 is 1.20 bits per heavy atom. The van der Waals surface area contributed by atoms with E-state index in [1.54, 1.807) is 11.3 Å². The molecule has 5 heteroatoms. The van der Waals surface area contributed by atoms with E-state index < -0.39 is 0 Å². The van der Waals surface area contributed by atoms with Gasteiger partial charge in [0.2, 0.25) is 5.95 Å². The Balaban J connectivity index is 1.89. The van der Waals surface area contributed by atoms with Gasteiger partial charge in [0.15, 0.2) is 0 Å². The highest BCUT2D eigenvalue weighted by Crippen LogP contribution is 2.25. The molecule has 2 rings (SSSR count). The summed E-state index contributed by atoms with van der Waals surface area (Å²) < 4.78 is 0. The number of aryl methyl sites for hydroxylation is 2. The first-order chi connectivity index (χ1) is 9.36. The first kappa shape index (κ1) is 14.9. The van der Waals surface area contributed by atoms with Crippen molar-refractivity contribution in [2.45, 2.75) is 46.5 Å². The Morgan fingerprint density at radius 3 is 2.55 bits per heavy atom. The maximum absolute atomic E-state index is 4.68. The molecule has 0 saturated heterocycles. The van der Waals surface area contributed by atoms with E-state index in [2.05, 4.69) is 46.4 Å². The third-order valence-electron chi connectivity index (χ3n) is 3.08. The number of nitrogens with one attached hydrogen (secondary N) is 1. The van der Waals surface area contributed by atoms with Crippen LogP contribution in [0.15, 0.2) is 11.6 Å². The van der Waals surface area contributed by atoms with Gasteiger partial charge in [-0.2, -0.15) is 0 Å².